The van der Waals surface area contributed by atoms with E-state index in [1.54, 1.807) is 25.6 Å². The Hall–Kier alpha value is -2.42. The van der Waals surface area contributed by atoms with Gasteiger partial charge in [-0.15, -0.1) is 0 Å². The summed E-state index contributed by atoms with van der Waals surface area (Å²) < 4.78 is 11.4. The molecule has 0 amide bonds. The number of aliphatic hydroxyl groups is 1. The molecule has 0 spiro atoms. The Kier molecular flexibility index (Phi) is 8.06. The van der Waals surface area contributed by atoms with Gasteiger partial charge in [-0.3, -0.25) is 4.90 Å². The first-order chi connectivity index (χ1) is 14.9. The largest absolute Gasteiger partial charge is 0.493 e. The molecule has 1 saturated heterocycles. The first-order valence-electron chi connectivity index (χ1n) is 10.8. The van der Waals surface area contributed by atoms with Gasteiger partial charge < -0.3 is 24.4 Å². The smallest absolute Gasteiger partial charge is 0.225 e. The molecule has 1 aliphatic heterocycles. The minimum absolute atomic E-state index is 0.531. The summed E-state index contributed by atoms with van der Waals surface area (Å²) in [7, 11) is 7.73. The summed E-state index contributed by atoms with van der Waals surface area (Å²) in [5.74, 6) is 2.16. The van der Waals surface area contributed by atoms with Gasteiger partial charge in [0.2, 0.25) is 5.95 Å². The molecular weight excluding hydrogens is 394 g/mol. The summed E-state index contributed by atoms with van der Waals surface area (Å²) in [5.41, 5.74) is 0.313. The van der Waals surface area contributed by atoms with E-state index in [4.69, 9.17) is 9.47 Å². The molecule has 8 nitrogen and oxygen atoms in total. The van der Waals surface area contributed by atoms with Gasteiger partial charge in [-0.2, -0.15) is 0 Å². The van der Waals surface area contributed by atoms with Crippen molar-refractivity contribution < 1.29 is 14.6 Å². The molecule has 1 aliphatic rings. The number of hydrogen-bond donors (Lipinski definition) is 1. The van der Waals surface area contributed by atoms with Crippen LogP contribution in [0.2, 0.25) is 0 Å². The van der Waals surface area contributed by atoms with Crippen molar-refractivity contribution in [3.05, 3.63) is 42.2 Å². The van der Waals surface area contributed by atoms with Gasteiger partial charge in [0.25, 0.3) is 0 Å². The first-order valence-corrected chi connectivity index (χ1v) is 10.8. The van der Waals surface area contributed by atoms with Crippen LogP contribution in [0.4, 0.5) is 5.95 Å². The van der Waals surface area contributed by atoms with Crippen LogP contribution in [0.3, 0.4) is 0 Å². The van der Waals surface area contributed by atoms with E-state index in [1.807, 2.05) is 33.3 Å². The van der Waals surface area contributed by atoms with Crippen molar-refractivity contribution in [2.24, 2.45) is 0 Å². The van der Waals surface area contributed by atoms with Crippen molar-refractivity contribution in [1.29, 1.82) is 0 Å². The molecule has 31 heavy (non-hydrogen) atoms. The fourth-order valence-electron chi connectivity index (χ4n) is 4.00. The molecule has 1 aromatic heterocycles. The number of hydrogen-bond acceptors (Lipinski definition) is 8. The molecule has 1 aromatic carbocycles. The van der Waals surface area contributed by atoms with Gasteiger partial charge >= 0.3 is 0 Å². The molecule has 1 fully saturated rings. The monoisotopic (exact) mass is 429 g/mol. The Labute approximate surface area is 185 Å². The first kappa shape index (κ1) is 23.2. The van der Waals surface area contributed by atoms with Crippen molar-refractivity contribution in [3.8, 4) is 11.5 Å². The van der Waals surface area contributed by atoms with Gasteiger partial charge in [0.05, 0.1) is 19.3 Å². The zero-order chi connectivity index (χ0) is 22.3. The quantitative estimate of drug-likeness (QED) is 0.614. The molecule has 8 heteroatoms. The zero-order valence-corrected chi connectivity index (χ0v) is 19.1. The number of ether oxygens (including phenoxy) is 2. The molecule has 0 bridgehead atoms. The Morgan fingerprint density at radius 1 is 1.16 bits per heavy atom. The number of likely N-dealkylation sites (N-methyl/N-ethyl adjacent to an activating group) is 2. The van der Waals surface area contributed by atoms with Crippen LogP contribution in [-0.2, 0) is 6.54 Å². The molecule has 0 aliphatic carbocycles. The molecule has 1 N–H and O–H groups in total. The minimum Gasteiger partial charge on any atom is -0.493 e. The Balaban J connectivity index is 1.58. The lowest BCUT2D eigenvalue weighted by Crippen LogP contribution is -2.54. The zero-order valence-electron chi connectivity index (χ0n) is 19.1. The van der Waals surface area contributed by atoms with Crippen LogP contribution >= 0.6 is 0 Å². The number of aromatic nitrogens is 2. The van der Waals surface area contributed by atoms with Crippen molar-refractivity contribution in [2.45, 2.75) is 25.0 Å². The summed E-state index contributed by atoms with van der Waals surface area (Å²) in [6.45, 7) is 4.12. The van der Waals surface area contributed by atoms with E-state index in [-0.39, 0.29) is 0 Å². The molecule has 0 saturated carbocycles. The highest BCUT2D eigenvalue weighted by atomic mass is 16.5. The number of piperidine rings is 1. The normalized spacial score (nSPS) is 19.1. The van der Waals surface area contributed by atoms with E-state index in [2.05, 4.69) is 30.7 Å². The van der Waals surface area contributed by atoms with Crippen LogP contribution in [0.5, 0.6) is 11.5 Å². The number of nitrogens with zero attached hydrogens (tertiary/aromatic N) is 5. The molecule has 2 aromatic rings. The Morgan fingerprint density at radius 2 is 1.94 bits per heavy atom. The number of β-amino-alcohol motifs (C(OH)–C–C–N with tert-alkyl or cyclic N) is 1. The predicted octanol–water partition coefficient (Wildman–Crippen LogP) is 1.89. The summed E-state index contributed by atoms with van der Waals surface area (Å²) in [6.07, 6.45) is 5.16. The minimum atomic E-state index is -0.800. The van der Waals surface area contributed by atoms with E-state index >= 15 is 0 Å². The maximum absolute atomic E-state index is 11.3. The number of anilines is 1. The lowest BCUT2D eigenvalue weighted by atomic mass is 9.92. The number of methoxy groups -OCH3 is 1. The summed E-state index contributed by atoms with van der Waals surface area (Å²) in [6, 6.07) is 7.83. The molecular formula is C23H35N5O3. The highest BCUT2D eigenvalue weighted by Crippen LogP contribution is 2.29. The SMILES string of the molecule is COc1cc(CN(C)C[C@@]2(O)CCCN(c3ncccn3)C2)ccc1OCCN(C)C. The van der Waals surface area contributed by atoms with Crippen molar-refractivity contribution in [1.82, 2.24) is 19.8 Å². The summed E-state index contributed by atoms with van der Waals surface area (Å²) in [5, 5.41) is 11.3. The van der Waals surface area contributed by atoms with Gasteiger partial charge in [-0.1, -0.05) is 6.07 Å². The van der Waals surface area contributed by atoms with Crippen molar-refractivity contribution in [2.75, 3.05) is 65.9 Å². The van der Waals surface area contributed by atoms with E-state index in [0.717, 1.165) is 43.0 Å². The average Bonchev–Trinajstić information content (AvgIpc) is 2.74. The lowest BCUT2D eigenvalue weighted by Gasteiger charge is -2.41. The molecule has 1 atom stereocenters. The average molecular weight is 430 g/mol. The second-order valence-corrected chi connectivity index (χ2v) is 8.61. The third kappa shape index (κ3) is 6.78. The second-order valence-electron chi connectivity index (χ2n) is 8.61. The Bertz CT molecular complexity index is 820. The molecule has 3 rings (SSSR count). The second kappa shape index (κ2) is 10.7. The van der Waals surface area contributed by atoms with Gasteiger partial charge in [-0.25, -0.2) is 9.97 Å². The van der Waals surface area contributed by atoms with Crippen LogP contribution < -0.4 is 14.4 Å². The van der Waals surface area contributed by atoms with Crippen LogP contribution in [-0.4, -0.2) is 91.5 Å². The van der Waals surface area contributed by atoms with Gasteiger partial charge in [0.1, 0.15) is 6.61 Å². The number of benzene rings is 1. The van der Waals surface area contributed by atoms with Crippen molar-refractivity contribution in [3.63, 3.8) is 0 Å². The van der Waals surface area contributed by atoms with Crippen LogP contribution in [0.15, 0.2) is 36.7 Å². The third-order valence-corrected chi connectivity index (χ3v) is 5.43. The van der Waals surface area contributed by atoms with Gasteiger partial charge in [-0.05, 0) is 57.7 Å². The standard InChI is InChI=1S/C23H35N5O3/c1-26(2)13-14-31-20-8-7-19(15-21(20)30-4)16-27(3)17-23(29)9-5-12-28(18-23)22-24-10-6-11-25-22/h6-8,10-11,15,29H,5,9,12-14,16-18H2,1-4H3/t23-/m0/s1. The van der Waals surface area contributed by atoms with Crippen LogP contribution in [0, 0.1) is 0 Å². The van der Waals surface area contributed by atoms with Crippen molar-refractivity contribution >= 4 is 5.95 Å². The summed E-state index contributed by atoms with van der Waals surface area (Å²) >= 11 is 0. The van der Waals surface area contributed by atoms with E-state index in [9.17, 15) is 5.11 Å². The Morgan fingerprint density at radius 3 is 2.65 bits per heavy atom. The molecule has 0 unspecified atom stereocenters. The molecule has 0 radical (unpaired) electrons. The van der Waals surface area contributed by atoms with E-state index < -0.39 is 5.60 Å². The maximum atomic E-state index is 11.3. The highest BCUT2D eigenvalue weighted by molar-refractivity contribution is 5.43. The lowest BCUT2D eigenvalue weighted by molar-refractivity contribution is -0.00367. The van der Waals surface area contributed by atoms with Crippen LogP contribution in [0.25, 0.3) is 0 Å². The summed E-state index contributed by atoms with van der Waals surface area (Å²) in [4.78, 5) is 15.0. The number of rotatable bonds is 10. The topological polar surface area (TPSA) is 74.2 Å². The fourth-order valence-corrected chi connectivity index (χ4v) is 4.00. The third-order valence-electron chi connectivity index (χ3n) is 5.43. The van der Waals surface area contributed by atoms with E-state index in [0.29, 0.717) is 32.2 Å². The van der Waals surface area contributed by atoms with Gasteiger partial charge in [0.15, 0.2) is 11.5 Å². The van der Waals surface area contributed by atoms with E-state index in [1.165, 1.54) is 0 Å². The maximum Gasteiger partial charge on any atom is 0.225 e. The predicted molar refractivity (Wildman–Crippen MR) is 122 cm³/mol. The molecule has 170 valence electrons. The fraction of sp³-hybridized carbons (Fsp3) is 0.565. The van der Waals surface area contributed by atoms with Crippen LogP contribution in [0.1, 0.15) is 18.4 Å². The molecule has 2 heterocycles. The highest BCUT2D eigenvalue weighted by Gasteiger charge is 2.35. The van der Waals surface area contributed by atoms with Gasteiger partial charge in [0, 0.05) is 38.6 Å².